The van der Waals surface area contributed by atoms with Crippen LogP contribution in [0.3, 0.4) is 0 Å². The number of hydrogen-bond acceptors (Lipinski definition) is 18. The standard InChI is InChI=1S/C51H106N18O8/c52-18-1-7-24-58-40(48(74)66-30-10-4-21-55)36-44(70)62-27-13-14-28-63-46(72)39-43(61-34-17-35-65-47(73)38-42(60-26-9-3-20-54)50(76)68-32-12-6-23-57)51(77)69-33-16-15-29-64-45(71)37-41(59-25-8-2-19-53)49(75)67-31-11-5-22-56/h40-43,58-61H,1-39,52-57H2,(H,62,70)(H,63,72)(H,64,71)(H,65,73)(H,66,74)(H,67,75)(H,68,76)(H,69,77). The fraction of sp³-hybridized carbons (Fsp3) is 0.843. The van der Waals surface area contributed by atoms with Gasteiger partial charge in [0.2, 0.25) is 47.3 Å². The zero-order valence-corrected chi connectivity index (χ0v) is 46.6. The maximum absolute atomic E-state index is 13.5. The Balaban J connectivity index is 5.36. The largest absolute Gasteiger partial charge is 0.356 e. The van der Waals surface area contributed by atoms with Crippen molar-refractivity contribution >= 4 is 47.3 Å². The quantitative estimate of drug-likeness (QED) is 0.0256. The molecule has 0 aromatic heterocycles. The summed E-state index contributed by atoms with van der Waals surface area (Å²) >= 11 is 0. The van der Waals surface area contributed by atoms with E-state index >= 15 is 0 Å². The van der Waals surface area contributed by atoms with Crippen molar-refractivity contribution in [1.29, 1.82) is 0 Å². The van der Waals surface area contributed by atoms with E-state index in [4.69, 9.17) is 34.4 Å². The maximum Gasteiger partial charge on any atom is 0.237 e. The number of nitrogens with two attached hydrogens (primary N) is 6. The molecule has 4 unspecified atom stereocenters. The predicted octanol–water partition coefficient (Wildman–Crippen LogP) is -4.31. The molecular weight excluding hydrogens is 993 g/mol. The predicted molar refractivity (Wildman–Crippen MR) is 303 cm³/mol. The first-order valence-corrected chi connectivity index (χ1v) is 28.7. The molecule has 0 aliphatic rings. The smallest absolute Gasteiger partial charge is 0.237 e. The summed E-state index contributed by atoms with van der Waals surface area (Å²) in [5, 5.41) is 35.6. The number of nitrogens with one attached hydrogen (secondary N) is 12. The van der Waals surface area contributed by atoms with Crippen LogP contribution in [0.15, 0.2) is 0 Å². The Kier molecular flexibility index (Phi) is 48.9. The molecule has 0 heterocycles. The van der Waals surface area contributed by atoms with Gasteiger partial charge in [-0.15, -0.1) is 0 Å². The van der Waals surface area contributed by atoms with Crippen molar-refractivity contribution in [2.75, 3.05) is 118 Å². The Morgan fingerprint density at radius 2 is 0.390 bits per heavy atom. The molecule has 0 radical (unpaired) electrons. The second-order valence-electron chi connectivity index (χ2n) is 19.1. The maximum atomic E-state index is 13.5. The topological polar surface area (TPSA) is 437 Å². The summed E-state index contributed by atoms with van der Waals surface area (Å²) in [6, 6.07) is -3.01. The summed E-state index contributed by atoms with van der Waals surface area (Å²) in [5.74, 6) is -2.39. The lowest BCUT2D eigenvalue weighted by Crippen LogP contribution is -2.48. The van der Waals surface area contributed by atoms with Crippen LogP contribution in [0.4, 0.5) is 0 Å². The average molecular weight is 1100 g/mol. The zero-order valence-electron chi connectivity index (χ0n) is 46.6. The fourth-order valence-corrected chi connectivity index (χ4v) is 7.62. The van der Waals surface area contributed by atoms with E-state index in [0.29, 0.717) is 130 Å². The molecule has 0 fully saturated rings. The van der Waals surface area contributed by atoms with E-state index in [1.54, 1.807) is 0 Å². The summed E-state index contributed by atoms with van der Waals surface area (Å²) in [6.45, 7) is 8.01. The van der Waals surface area contributed by atoms with Crippen molar-refractivity contribution in [1.82, 2.24) is 63.8 Å². The van der Waals surface area contributed by atoms with Crippen LogP contribution < -0.4 is 98.2 Å². The molecule has 0 aromatic carbocycles. The number of carbonyl (C=O) groups excluding carboxylic acids is 8. The fourth-order valence-electron chi connectivity index (χ4n) is 7.62. The lowest BCUT2D eigenvalue weighted by molar-refractivity contribution is -0.128. The van der Waals surface area contributed by atoms with Crippen molar-refractivity contribution < 1.29 is 38.4 Å². The Hall–Kier alpha value is -4.64. The first-order chi connectivity index (χ1) is 37.4. The lowest BCUT2D eigenvalue weighted by Gasteiger charge is -2.20. The van der Waals surface area contributed by atoms with Crippen molar-refractivity contribution in [2.45, 2.75) is 159 Å². The van der Waals surface area contributed by atoms with Crippen LogP contribution in [0.1, 0.15) is 135 Å². The molecule has 0 saturated heterocycles. The number of hydrogen-bond donors (Lipinski definition) is 18. The first kappa shape index (κ1) is 72.4. The van der Waals surface area contributed by atoms with Crippen molar-refractivity contribution in [3.63, 3.8) is 0 Å². The van der Waals surface area contributed by atoms with Crippen LogP contribution in [0.2, 0.25) is 0 Å². The Bertz CT molecular complexity index is 1570. The number of amides is 8. The average Bonchev–Trinajstić information content (AvgIpc) is 3.41. The van der Waals surface area contributed by atoms with E-state index in [9.17, 15) is 38.4 Å². The van der Waals surface area contributed by atoms with Gasteiger partial charge in [0.1, 0.15) is 0 Å². The highest BCUT2D eigenvalue weighted by molar-refractivity contribution is 5.90. The molecule has 26 nitrogen and oxygen atoms in total. The molecule has 0 saturated carbocycles. The third-order valence-corrected chi connectivity index (χ3v) is 12.2. The monoisotopic (exact) mass is 1100 g/mol. The molecule has 77 heavy (non-hydrogen) atoms. The molecule has 0 aliphatic heterocycles. The summed E-state index contributed by atoms with van der Waals surface area (Å²) in [6.07, 6.45) is 11.5. The minimum absolute atomic E-state index is 0.0305. The number of unbranched alkanes of at least 4 members (excludes halogenated alkanes) is 8. The van der Waals surface area contributed by atoms with E-state index < -0.39 is 30.1 Å². The summed E-state index contributed by atoms with van der Waals surface area (Å²) < 4.78 is 0. The van der Waals surface area contributed by atoms with Gasteiger partial charge in [0.15, 0.2) is 0 Å². The minimum atomic E-state index is -0.903. The molecular formula is C51H106N18O8. The highest BCUT2D eigenvalue weighted by atomic mass is 16.2. The van der Waals surface area contributed by atoms with Crippen LogP contribution in [-0.2, 0) is 38.4 Å². The van der Waals surface area contributed by atoms with Crippen LogP contribution in [0, 0.1) is 0 Å². The molecule has 0 bridgehead atoms. The molecule has 24 N–H and O–H groups in total. The molecule has 26 heteroatoms. The summed E-state index contributed by atoms with van der Waals surface area (Å²) in [5.41, 5.74) is 33.5. The molecule has 0 aromatic rings. The van der Waals surface area contributed by atoms with Gasteiger partial charge in [0, 0.05) is 52.4 Å². The van der Waals surface area contributed by atoms with Gasteiger partial charge in [-0.05, 0) is 175 Å². The second kappa shape index (κ2) is 52.1. The van der Waals surface area contributed by atoms with Gasteiger partial charge in [-0.25, -0.2) is 0 Å². The van der Waals surface area contributed by atoms with Gasteiger partial charge < -0.3 is 98.2 Å². The molecule has 4 atom stereocenters. The van der Waals surface area contributed by atoms with Gasteiger partial charge in [-0.3, -0.25) is 38.4 Å². The first-order valence-electron chi connectivity index (χ1n) is 28.7. The molecule has 8 amide bonds. The third kappa shape index (κ3) is 43.0. The van der Waals surface area contributed by atoms with Gasteiger partial charge in [-0.2, -0.15) is 0 Å². The Morgan fingerprint density at radius 1 is 0.221 bits per heavy atom. The molecule has 0 rings (SSSR count). The lowest BCUT2D eigenvalue weighted by atomic mass is 10.1. The van der Waals surface area contributed by atoms with Crippen molar-refractivity contribution in [3.8, 4) is 0 Å². The van der Waals surface area contributed by atoms with Crippen LogP contribution in [0.5, 0.6) is 0 Å². The number of rotatable bonds is 54. The SMILES string of the molecule is NCCCCNC(=O)C(CC(=O)NCCCCNC(=O)CC(NCCCNC(=O)CC(NCCCCN)C(=O)NCCCCN)C(=O)NCCCCNC(=O)CC(NCCCCN)C(=O)NCCCCN)NCCCCN. The third-order valence-electron chi connectivity index (χ3n) is 12.2. The highest BCUT2D eigenvalue weighted by Gasteiger charge is 2.25. The van der Waals surface area contributed by atoms with Crippen LogP contribution >= 0.6 is 0 Å². The van der Waals surface area contributed by atoms with Crippen LogP contribution in [-0.4, -0.2) is 189 Å². The molecule has 0 spiro atoms. The van der Waals surface area contributed by atoms with E-state index in [1.165, 1.54) is 0 Å². The van der Waals surface area contributed by atoms with Crippen molar-refractivity contribution in [3.05, 3.63) is 0 Å². The van der Waals surface area contributed by atoms with Crippen LogP contribution in [0.25, 0.3) is 0 Å². The second-order valence-corrected chi connectivity index (χ2v) is 19.1. The zero-order chi connectivity index (χ0) is 57.0. The van der Waals surface area contributed by atoms with E-state index in [0.717, 1.165) is 77.0 Å². The summed E-state index contributed by atoms with van der Waals surface area (Å²) in [4.78, 5) is 104. The van der Waals surface area contributed by atoms with Gasteiger partial charge >= 0.3 is 0 Å². The Labute approximate surface area is 459 Å². The normalized spacial score (nSPS) is 12.6. The van der Waals surface area contributed by atoms with E-state index in [1.807, 2.05) is 0 Å². The van der Waals surface area contributed by atoms with Gasteiger partial charge in [0.05, 0.1) is 49.9 Å². The minimum Gasteiger partial charge on any atom is -0.356 e. The van der Waals surface area contributed by atoms with Crippen molar-refractivity contribution in [2.24, 2.45) is 34.4 Å². The highest BCUT2D eigenvalue weighted by Crippen LogP contribution is 2.02. The molecule has 0 aliphatic carbocycles. The van der Waals surface area contributed by atoms with Gasteiger partial charge in [0.25, 0.3) is 0 Å². The van der Waals surface area contributed by atoms with E-state index in [2.05, 4.69) is 63.8 Å². The summed E-state index contributed by atoms with van der Waals surface area (Å²) in [7, 11) is 0. The van der Waals surface area contributed by atoms with Gasteiger partial charge in [-0.1, -0.05) is 0 Å². The number of carbonyl (C=O) groups is 8. The van der Waals surface area contributed by atoms with E-state index in [-0.39, 0.29) is 86.7 Å². The molecule has 448 valence electrons. The Morgan fingerprint density at radius 3 is 0.610 bits per heavy atom.